The predicted octanol–water partition coefficient (Wildman–Crippen LogP) is 3.74. The molecule has 1 aromatic carbocycles. The Morgan fingerprint density at radius 3 is 2.00 bits per heavy atom. The fourth-order valence-corrected chi connectivity index (χ4v) is 2.70. The third kappa shape index (κ3) is 3.54. The first kappa shape index (κ1) is 17.8. The van der Waals surface area contributed by atoms with Crippen LogP contribution in [-0.4, -0.2) is 37.0 Å². The average molecular weight is 353 g/mol. The lowest BCUT2D eigenvalue weighted by Crippen LogP contribution is -2.49. The summed E-state index contributed by atoms with van der Waals surface area (Å²) in [6.45, 7) is 2.64. The maximum atomic E-state index is 13.9. The molecule has 1 aromatic rings. The second-order valence-electron chi connectivity index (χ2n) is 5.39. The maximum absolute atomic E-state index is 13.9. The van der Waals surface area contributed by atoms with E-state index in [0.29, 0.717) is 6.42 Å². The van der Waals surface area contributed by atoms with Gasteiger partial charge in [0.25, 0.3) is 0 Å². The lowest BCUT2D eigenvalue weighted by Gasteiger charge is -2.36. The third-order valence-corrected chi connectivity index (χ3v) is 4.21. The Bertz CT molecular complexity index is 575. The molecule has 0 aromatic heterocycles. The Labute approximate surface area is 136 Å². The number of anilines is 1. The van der Waals surface area contributed by atoms with E-state index in [0.717, 1.165) is 12.8 Å². The number of carbonyl (C=O) groups is 1. The minimum Gasteiger partial charge on any atom is -0.363 e. The zero-order chi connectivity index (χ0) is 17.1. The van der Waals surface area contributed by atoms with Gasteiger partial charge >= 0.3 is 0 Å². The fraction of sp³-hybridized carbons (Fsp3) is 0.533. The number of hydrogen-bond acceptors (Lipinski definition) is 2. The standard InChI is InChI=1S/C15H17ClF4N2O/c1-2-3-4-9(23)21-5-7-22(8-6-21)15-13(19)11(17)10(16)12(18)14(15)20/h2-8H2,1H3. The van der Waals surface area contributed by atoms with Crippen molar-refractivity contribution in [2.45, 2.75) is 26.2 Å². The number of piperazine rings is 1. The molecule has 1 heterocycles. The second kappa shape index (κ2) is 7.38. The highest BCUT2D eigenvalue weighted by Gasteiger charge is 2.30. The Kier molecular flexibility index (Phi) is 5.73. The molecule has 0 spiro atoms. The molecule has 0 bridgehead atoms. The van der Waals surface area contributed by atoms with Crippen LogP contribution in [0.5, 0.6) is 0 Å². The first-order valence-electron chi connectivity index (χ1n) is 7.42. The molecule has 1 aliphatic heterocycles. The van der Waals surface area contributed by atoms with E-state index in [1.165, 1.54) is 4.90 Å². The van der Waals surface area contributed by atoms with Gasteiger partial charge in [0.05, 0.1) is 0 Å². The quantitative estimate of drug-likeness (QED) is 0.468. The Morgan fingerprint density at radius 2 is 1.52 bits per heavy atom. The number of rotatable bonds is 4. The SMILES string of the molecule is CCCCC(=O)N1CCN(c2c(F)c(F)c(Cl)c(F)c2F)CC1. The lowest BCUT2D eigenvalue weighted by molar-refractivity contribution is -0.131. The highest BCUT2D eigenvalue weighted by atomic mass is 35.5. The van der Waals surface area contributed by atoms with Crippen molar-refractivity contribution in [2.24, 2.45) is 0 Å². The topological polar surface area (TPSA) is 23.6 Å². The summed E-state index contributed by atoms with van der Waals surface area (Å²) in [6.07, 6.45) is 2.09. The van der Waals surface area contributed by atoms with Crippen LogP contribution in [0, 0.1) is 23.3 Å². The van der Waals surface area contributed by atoms with Crippen LogP contribution < -0.4 is 4.90 Å². The minimum atomic E-state index is -1.61. The van der Waals surface area contributed by atoms with Crippen molar-refractivity contribution in [3.8, 4) is 0 Å². The zero-order valence-corrected chi connectivity index (χ0v) is 13.4. The summed E-state index contributed by atoms with van der Waals surface area (Å²) < 4.78 is 54.9. The summed E-state index contributed by atoms with van der Waals surface area (Å²) >= 11 is 5.21. The van der Waals surface area contributed by atoms with Crippen LogP contribution in [0.4, 0.5) is 23.2 Å². The molecule has 0 atom stereocenters. The van der Waals surface area contributed by atoms with E-state index < -0.39 is 34.0 Å². The molecule has 0 unspecified atom stereocenters. The number of hydrogen-bond donors (Lipinski definition) is 0. The van der Waals surface area contributed by atoms with Gasteiger partial charge in [0, 0.05) is 32.6 Å². The minimum absolute atomic E-state index is 0.0269. The highest BCUT2D eigenvalue weighted by Crippen LogP contribution is 2.33. The smallest absolute Gasteiger partial charge is 0.222 e. The number of benzene rings is 1. The van der Waals surface area contributed by atoms with Gasteiger partial charge in [-0.1, -0.05) is 24.9 Å². The molecular weight excluding hydrogens is 336 g/mol. The van der Waals surface area contributed by atoms with Crippen molar-refractivity contribution in [3.63, 3.8) is 0 Å². The molecule has 3 nitrogen and oxygen atoms in total. The fourth-order valence-electron chi connectivity index (χ4n) is 2.54. The van der Waals surface area contributed by atoms with Gasteiger partial charge in [0.2, 0.25) is 5.91 Å². The largest absolute Gasteiger partial charge is 0.363 e. The van der Waals surface area contributed by atoms with Crippen molar-refractivity contribution in [1.29, 1.82) is 0 Å². The molecule has 8 heteroatoms. The summed E-state index contributed by atoms with van der Waals surface area (Å²) in [5.74, 6) is -6.27. The molecule has 1 aliphatic rings. The monoisotopic (exact) mass is 352 g/mol. The first-order chi connectivity index (χ1) is 10.9. The first-order valence-corrected chi connectivity index (χ1v) is 7.80. The molecule has 0 aliphatic carbocycles. The van der Waals surface area contributed by atoms with E-state index in [4.69, 9.17) is 11.6 Å². The molecule has 1 saturated heterocycles. The van der Waals surface area contributed by atoms with Gasteiger partial charge in [-0.2, -0.15) is 0 Å². The molecule has 1 amide bonds. The van der Waals surface area contributed by atoms with Crippen LogP contribution in [0.2, 0.25) is 5.02 Å². The average Bonchev–Trinajstić information content (AvgIpc) is 2.57. The molecular formula is C15H17ClF4N2O. The summed E-state index contributed by atoms with van der Waals surface area (Å²) in [5.41, 5.74) is -0.773. The Morgan fingerprint density at radius 1 is 1.00 bits per heavy atom. The Balaban J connectivity index is 2.13. The Hall–Kier alpha value is -1.50. The van der Waals surface area contributed by atoms with E-state index in [1.54, 1.807) is 4.90 Å². The summed E-state index contributed by atoms with van der Waals surface area (Å²) in [7, 11) is 0. The van der Waals surface area contributed by atoms with Gasteiger partial charge in [-0.3, -0.25) is 4.79 Å². The third-order valence-electron chi connectivity index (χ3n) is 3.88. The molecule has 0 saturated carbocycles. The van der Waals surface area contributed by atoms with E-state index >= 15 is 0 Å². The van der Waals surface area contributed by atoms with E-state index in [9.17, 15) is 22.4 Å². The molecule has 0 N–H and O–H groups in total. The number of unbranched alkanes of at least 4 members (excludes halogenated alkanes) is 1. The van der Waals surface area contributed by atoms with Gasteiger partial charge in [0.1, 0.15) is 10.7 Å². The maximum Gasteiger partial charge on any atom is 0.222 e. The number of nitrogens with zero attached hydrogens (tertiary/aromatic N) is 2. The normalized spacial score (nSPS) is 15.2. The van der Waals surface area contributed by atoms with Crippen LogP contribution in [0.3, 0.4) is 0 Å². The van der Waals surface area contributed by atoms with Crippen LogP contribution in [-0.2, 0) is 4.79 Å². The van der Waals surface area contributed by atoms with Crippen LogP contribution in [0.25, 0.3) is 0 Å². The second-order valence-corrected chi connectivity index (χ2v) is 5.77. The van der Waals surface area contributed by atoms with Crippen molar-refractivity contribution >= 4 is 23.2 Å². The van der Waals surface area contributed by atoms with Crippen LogP contribution in [0.1, 0.15) is 26.2 Å². The number of carbonyl (C=O) groups excluding carboxylic acids is 1. The highest BCUT2D eigenvalue weighted by molar-refractivity contribution is 6.31. The van der Waals surface area contributed by atoms with E-state index in [-0.39, 0.29) is 32.1 Å². The van der Waals surface area contributed by atoms with Crippen molar-refractivity contribution in [3.05, 3.63) is 28.3 Å². The molecule has 128 valence electrons. The van der Waals surface area contributed by atoms with Gasteiger partial charge in [-0.15, -0.1) is 0 Å². The van der Waals surface area contributed by atoms with Crippen molar-refractivity contribution < 1.29 is 22.4 Å². The zero-order valence-electron chi connectivity index (χ0n) is 12.6. The van der Waals surface area contributed by atoms with Gasteiger partial charge in [-0.05, 0) is 6.42 Å². The molecule has 1 fully saturated rings. The van der Waals surface area contributed by atoms with Gasteiger partial charge in [-0.25, -0.2) is 17.6 Å². The number of halogens is 5. The molecule has 23 heavy (non-hydrogen) atoms. The van der Waals surface area contributed by atoms with E-state index in [2.05, 4.69) is 0 Å². The van der Waals surface area contributed by atoms with Gasteiger partial charge in [0.15, 0.2) is 23.3 Å². The summed E-state index contributed by atoms with van der Waals surface area (Å²) in [5, 5.41) is -1.20. The number of amides is 1. The molecule has 2 rings (SSSR count). The van der Waals surface area contributed by atoms with Crippen LogP contribution >= 0.6 is 11.6 Å². The van der Waals surface area contributed by atoms with E-state index in [1.807, 2.05) is 6.92 Å². The van der Waals surface area contributed by atoms with Crippen LogP contribution in [0.15, 0.2) is 0 Å². The predicted molar refractivity (Wildman–Crippen MR) is 79.6 cm³/mol. The lowest BCUT2D eigenvalue weighted by atomic mass is 10.2. The van der Waals surface area contributed by atoms with Crippen molar-refractivity contribution in [2.75, 3.05) is 31.1 Å². The summed E-state index contributed by atoms with van der Waals surface area (Å²) in [6, 6.07) is 0. The van der Waals surface area contributed by atoms with Gasteiger partial charge < -0.3 is 9.80 Å². The summed E-state index contributed by atoms with van der Waals surface area (Å²) in [4.78, 5) is 14.7. The van der Waals surface area contributed by atoms with Crippen molar-refractivity contribution in [1.82, 2.24) is 4.90 Å². The molecule has 0 radical (unpaired) electrons.